The van der Waals surface area contributed by atoms with Gasteiger partial charge in [-0.15, -0.1) is 13.2 Å². The van der Waals surface area contributed by atoms with E-state index in [9.17, 15) is 34.8 Å². The van der Waals surface area contributed by atoms with Gasteiger partial charge in [-0.05, 0) is 65.7 Å². The zero-order chi connectivity index (χ0) is 30.4. The standard InChI is InChI=1S/C28H19F6N3O4S/c1-16-35-25(26(40-16)17-6-9-20(10-7-17)41-28(32,33)34)22-15-19(18-4-3-5-21(14-18)42(2,38)39)8-11-23(22)37-13-12-24(36-37)27(29,30)31/h3-15H,1-2H3. The molecule has 0 fully saturated rings. The zero-order valence-electron chi connectivity index (χ0n) is 21.7. The minimum Gasteiger partial charge on any atom is -0.440 e. The molecule has 0 spiro atoms. The maximum Gasteiger partial charge on any atom is 0.573 e. The number of ether oxygens (including phenoxy) is 1. The summed E-state index contributed by atoms with van der Waals surface area (Å²) in [4.78, 5) is 4.50. The van der Waals surface area contributed by atoms with E-state index < -0.39 is 33.8 Å². The molecular formula is C28H19F6N3O4S. The second kappa shape index (κ2) is 10.4. The fourth-order valence-corrected chi connectivity index (χ4v) is 4.90. The van der Waals surface area contributed by atoms with Gasteiger partial charge in [0.25, 0.3) is 0 Å². The predicted molar refractivity (Wildman–Crippen MR) is 139 cm³/mol. The van der Waals surface area contributed by atoms with Crippen molar-refractivity contribution in [1.29, 1.82) is 0 Å². The number of hydrogen-bond donors (Lipinski definition) is 0. The Balaban J connectivity index is 1.69. The van der Waals surface area contributed by atoms with Gasteiger partial charge in [0, 0.05) is 30.5 Å². The maximum absolute atomic E-state index is 13.4. The molecule has 0 aliphatic rings. The molecule has 2 heterocycles. The number of benzene rings is 3. The van der Waals surface area contributed by atoms with Gasteiger partial charge in [-0.1, -0.05) is 18.2 Å². The Morgan fingerprint density at radius 1 is 0.857 bits per heavy atom. The highest BCUT2D eigenvalue weighted by molar-refractivity contribution is 7.90. The monoisotopic (exact) mass is 607 g/mol. The molecule has 0 saturated heterocycles. The Labute approximate surface area is 234 Å². The third-order valence-corrected chi connectivity index (χ3v) is 7.17. The summed E-state index contributed by atoms with van der Waals surface area (Å²) in [6.07, 6.45) is -7.40. The van der Waals surface area contributed by atoms with Crippen LogP contribution >= 0.6 is 0 Å². The number of halogens is 6. The number of rotatable bonds is 6. The molecule has 0 aliphatic carbocycles. The quantitative estimate of drug-likeness (QED) is 0.186. The van der Waals surface area contributed by atoms with Gasteiger partial charge >= 0.3 is 12.5 Å². The number of nitrogens with zero attached hydrogens (tertiary/aromatic N) is 3. The fraction of sp³-hybridized carbons (Fsp3) is 0.143. The number of alkyl halides is 6. The normalized spacial score (nSPS) is 12.5. The Bertz CT molecular complexity index is 1870. The van der Waals surface area contributed by atoms with Crippen LogP contribution in [0.25, 0.3) is 39.4 Å². The van der Waals surface area contributed by atoms with E-state index in [0.29, 0.717) is 16.7 Å². The average Bonchev–Trinajstić information content (AvgIpc) is 3.55. The maximum atomic E-state index is 13.4. The fourth-order valence-electron chi connectivity index (χ4n) is 4.23. The van der Waals surface area contributed by atoms with E-state index in [0.717, 1.165) is 35.3 Å². The van der Waals surface area contributed by atoms with Crippen LogP contribution in [-0.4, -0.2) is 35.8 Å². The molecule has 42 heavy (non-hydrogen) atoms. The van der Waals surface area contributed by atoms with Crippen molar-refractivity contribution < 1.29 is 43.9 Å². The summed E-state index contributed by atoms with van der Waals surface area (Å²) < 4.78 is 113. The van der Waals surface area contributed by atoms with E-state index in [1.54, 1.807) is 24.3 Å². The predicted octanol–water partition coefficient (Wildman–Crippen LogP) is 7.49. The molecule has 0 bridgehead atoms. The lowest BCUT2D eigenvalue weighted by Crippen LogP contribution is -2.16. The van der Waals surface area contributed by atoms with Crippen LogP contribution in [0.3, 0.4) is 0 Å². The summed E-state index contributed by atoms with van der Waals surface area (Å²) >= 11 is 0. The van der Waals surface area contributed by atoms with E-state index in [2.05, 4.69) is 14.8 Å². The van der Waals surface area contributed by atoms with Gasteiger partial charge in [0.2, 0.25) is 0 Å². The molecular weight excluding hydrogens is 588 g/mol. The Kier molecular flexibility index (Phi) is 7.13. The van der Waals surface area contributed by atoms with Crippen molar-refractivity contribution in [3.8, 4) is 45.1 Å². The van der Waals surface area contributed by atoms with Gasteiger partial charge in [0.05, 0.1) is 10.6 Å². The van der Waals surface area contributed by atoms with Crippen molar-refractivity contribution in [3.05, 3.63) is 90.6 Å². The Morgan fingerprint density at radius 3 is 2.14 bits per heavy atom. The smallest absolute Gasteiger partial charge is 0.440 e. The van der Waals surface area contributed by atoms with Crippen molar-refractivity contribution in [1.82, 2.24) is 14.8 Å². The highest BCUT2D eigenvalue weighted by atomic mass is 32.2. The lowest BCUT2D eigenvalue weighted by Gasteiger charge is -2.13. The van der Waals surface area contributed by atoms with Crippen molar-refractivity contribution in [2.75, 3.05) is 6.26 Å². The summed E-state index contributed by atoms with van der Waals surface area (Å²) in [5.41, 5.74) is 0.788. The topological polar surface area (TPSA) is 87.2 Å². The highest BCUT2D eigenvalue weighted by Gasteiger charge is 2.34. The van der Waals surface area contributed by atoms with Gasteiger partial charge in [-0.2, -0.15) is 18.3 Å². The molecule has 14 heteroatoms. The zero-order valence-corrected chi connectivity index (χ0v) is 22.5. The van der Waals surface area contributed by atoms with Gasteiger partial charge in [-0.3, -0.25) is 0 Å². The molecule has 0 radical (unpaired) electrons. The van der Waals surface area contributed by atoms with Crippen LogP contribution < -0.4 is 4.74 Å². The van der Waals surface area contributed by atoms with Crippen LogP contribution in [0.15, 0.2) is 88.3 Å². The third-order valence-electron chi connectivity index (χ3n) is 6.06. The molecule has 5 aromatic rings. The first kappa shape index (κ1) is 28.9. The first-order chi connectivity index (χ1) is 19.6. The molecule has 218 valence electrons. The number of sulfone groups is 1. The average molecular weight is 608 g/mol. The van der Waals surface area contributed by atoms with Crippen LogP contribution in [0.5, 0.6) is 5.75 Å². The largest absolute Gasteiger partial charge is 0.573 e. The molecule has 0 N–H and O–H groups in total. The van der Waals surface area contributed by atoms with E-state index >= 15 is 0 Å². The molecule has 0 unspecified atom stereocenters. The molecule has 7 nitrogen and oxygen atoms in total. The van der Waals surface area contributed by atoms with E-state index in [1.165, 1.54) is 37.3 Å². The SMILES string of the molecule is Cc1nc(-c2cc(-c3cccc(S(C)(=O)=O)c3)ccc2-n2ccc(C(F)(F)F)n2)c(-c2ccc(OC(F)(F)F)cc2)o1. The molecule has 0 atom stereocenters. The summed E-state index contributed by atoms with van der Waals surface area (Å²) in [7, 11) is -3.54. The summed E-state index contributed by atoms with van der Waals surface area (Å²) in [6, 6.07) is 16.4. The molecule has 5 rings (SSSR count). The molecule has 0 aliphatic heterocycles. The number of hydrogen-bond acceptors (Lipinski definition) is 6. The van der Waals surface area contributed by atoms with Crippen LogP contribution in [0.4, 0.5) is 26.3 Å². The summed E-state index contributed by atoms with van der Waals surface area (Å²) in [6.45, 7) is 1.53. The van der Waals surface area contributed by atoms with Crippen LogP contribution in [0.1, 0.15) is 11.6 Å². The highest BCUT2D eigenvalue weighted by Crippen LogP contribution is 2.39. The second-order valence-corrected chi connectivity index (χ2v) is 11.2. The second-order valence-electron chi connectivity index (χ2n) is 9.16. The van der Waals surface area contributed by atoms with Crippen molar-refractivity contribution in [2.45, 2.75) is 24.4 Å². The summed E-state index contributed by atoms with van der Waals surface area (Å²) in [5, 5.41) is 3.67. The minimum atomic E-state index is -4.89. The van der Waals surface area contributed by atoms with Crippen LogP contribution in [0, 0.1) is 6.92 Å². The van der Waals surface area contributed by atoms with Crippen molar-refractivity contribution >= 4 is 9.84 Å². The number of aromatic nitrogens is 3. The Hall–Kier alpha value is -4.59. The molecule has 0 saturated carbocycles. The lowest BCUT2D eigenvalue weighted by atomic mass is 9.98. The van der Waals surface area contributed by atoms with Crippen molar-refractivity contribution in [2.24, 2.45) is 0 Å². The third kappa shape index (κ3) is 6.17. The van der Waals surface area contributed by atoms with Gasteiger partial charge in [-0.25, -0.2) is 18.1 Å². The molecule has 2 aromatic heterocycles. The molecule has 0 amide bonds. The number of oxazole rings is 1. The van der Waals surface area contributed by atoms with Gasteiger partial charge in [0.15, 0.2) is 27.2 Å². The van der Waals surface area contributed by atoms with Gasteiger partial charge in [0.1, 0.15) is 11.4 Å². The first-order valence-electron chi connectivity index (χ1n) is 12.0. The first-order valence-corrected chi connectivity index (χ1v) is 13.9. The summed E-state index contributed by atoms with van der Waals surface area (Å²) in [5.74, 6) is -0.172. The number of aryl methyl sites for hydroxylation is 1. The lowest BCUT2D eigenvalue weighted by molar-refractivity contribution is -0.274. The Morgan fingerprint density at radius 2 is 1.52 bits per heavy atom. The minimum absolute atomic E-state index is 0.0617. The van der Waals surface area contributed by atoms with E-state index in [-0.39, 0.29) is 33.5 Å². The van der Waals surface area contributed by atoms with E-state index in [1.807, 2.05) is 0 Å². The van der Waals surface area contributed by atoms with Gasteiger partial charge < -0.3 is 9.15 Å². The van der Waals surface area contributed by atoms with Crippen LogP contribution in [-0.2, 0) is 16.0 Å². The van der Waals surface area contributed by atoms with E-state index in [4.69, 9.17) is 4.42 Å². The van der Waals surface area contributed by atoms with Crippen molar-refractivity contribution in [3.63, 3.8) is 0 Å². The van der Waals surface area contributed by atoms with Crippen LogP contribution in [0.2, 0.25) is 0 Å². The molecule has 3 aromatic carbocycles.